The summed E-state index contributed by atoms with van der Waals surface area (Å²) in [6.45, 7) is 4.17. The van der Waals surface area contributed by atoms with Crippen molar-refractivity contribution in [2.75, 3.05) is 13.2 Å². The van der Waals surface area contributed by atoms with Gasteiger partial charge in [0, 0.05) is 11.9 Å². The Morgan fingerprint density at radius 3 is 3.00 bits per heavy atom. The number of aromatic nitrogens is 1. The largest absolute Gasteiger partial charge is 0.395 e. The topological polar surface area (TPSA) is 65.5 Å². The van der Waals surface area contributed by atoms with Crippen LogP contribution in [-0.4, -0.2) is 34.2 Å². The van der Waals surface area contributed by atoms with E-state index >= 15 is 0 Å². The SMILES string of the molecule is Cc1nc([C@H](C)NC(=O)N(CCO)[C@@H]2CCc3ccccc32)cs1. The van der Waals surface area contributed by atoms with Crippen LogP contribution in [0.1, 0.15) is 47.3 Å². The van der Waals surface area contributed by atoms with Crippen molar-refractivity contribution in [2.24, 2.45) is 0 Å². The second-order valence-electron chi connectivity index (χ2n) is 6.13. The van der Waals surface area contributed by atoms with Crippen molar-refractivity contribution < 1.29 is 9.90 Å². The molecule has 0 aliphatic heterocycles. The van der Waals surface area contributed by atoms with Crippen molar-refractivity contribution in [3.8, 4) is 0 Å². The number of aliphatic hydroxyl groups is 1. The number of urea groups is 1. The first-order chi connectivity index (χ1) is 11.6. The number of fused-ring (bicyclic) bond motifs is 1. The summed E-state index contributed by atoms with van der Waals surface area (Å²) in [7, 11) is 0. The van der Waals surface area contributed by atoms with Crippen LogP contribution in [0.2, 0.25) is 0 Å². The number of nitrogens with zero attached hydrogens (tertiary/aromatic N) is 2. The van der Waals surface area contributed by atoms with Crippen molar-refractivity contribution in [1.29, 1.82) is 0 Å². The smallest absolute Gasteiger partial charge is 0.318 e. The second kappa shape index (κ2) is 7.32. The van der Waals surface area contributed by atoms with Crippen molar-refractivity contribution >= 4 is 17.4 Å². The average Bonchev–Trinajstić information content (AvgIpc) is 3.19. The van der Waals surface area contributed by atoms with Crippen LogP contribution in [0.15, 0.2) is 29.6 Å². The molecule has 0 bridgehead atoms. The van der Waals surface area contributed by atoms with Crippen molar-refractivity contribution in [1.82, 2.24) is 15.2 Å². The quantitative estimate of drug-likeness (QED) is 0.874. The van der Waals surface area contributed by atoms with Gasteiger partial charge >= 0.3 is 6.03 Å². The second-order valence-corrected chi connectivity index (χ2v) is 7.20. The fourth-order valence-corrected chi connectivity index (χ4v) is 3.99. The molecule has 2 aromatic rings. The summed E-state index contributed by atoms with van der Waals surface area (Å²) in [5, 5.41) is 15.4. The number of carbonyl (C=O) groups excluding carboxylic acids is 1. The van der Waals surface area contributed by atoms with Gasteiger partial charge in [0.05, 0.1) is 29.4 Å². The van der Waals surface area contributed by atoms with E-state index in [1.165, 1.54) is 11.1 Å². The molecule has 0 radical (unpaired) electrons. The van der Waals surface area contributed by atoms with Crippen LogP contribution >= 0.6 is 11.3 Å². The molecule has 0 fully saturated rings. The number of hydrogen-bond donors (Lipinski definition) is 2. The molecule has 2 atom stereocenters. The molecule has 128 valence electrons. The van der Waals surface area contributed by atoms with Gasteiger partial charge in [0.25, 0.3) is 0 Å². The van der Waals surface area contributed by atoms with Crippen molar-refractivity contribution in [3.05, 3.63) is 51.5 Å². The predicted molar refractivity (Wildman–Crippen MR) is 95.1 cm³/mol. The first-order valence-electron chi connectivity index (χ1n) is 8.28. The van der Waals surface area contributed by atoms with Crippen LogP contribution in [0.5, 0.6) is 0 Å². The fraction of sp³-hybridized carbons (Fsp3) is 0.444. The number of aliphatic hydroxyl groups excluding tert-OH is 1. The predicted octanol–water partition coefficient (Wildman–Crippen LogP) is 3.20. The molecule has 0 saturated heterocycles. The first-order valence-corrected chi connectivity index (χ1v) is 9.16. The number of aryl methyl sites for hydroxylation is 2. The summed E-state index contributed by atoms with van der Waals surface area (Å²) < 4.78 is 0. The number of hydrogen-bond acceptors (Lipinski definition) is 4. The lowest BCUT2D eigenvalue weighted by Crippen LogP contribution is -2.44. The maximum Gasteiger partial charge on any atom is 0.318 e. The van der Waals surface area contributed by atoms with Gasteiger partial charge in [-0.15, -0.1) is 11.3 Å². The van der Waals surface area contributed by atoms with E-state index in [1.807, 2.05) is 31.4 Å². The van der Waals surface area contributed by atoms with E-state index in [4.69, 9.17) is 0 Å². The molecule has 2 N–H and O–H groups in total. The Morgan fingerprint density at radius 2 is 2.29 bits per heavy atom. The lowest BCUT2D eigenvalue weighted by atomic mass is 10.1. The third-order valence-electron chi connectivity index (χ3n) is 4.50. The standard InChI is InChI=1S/C18H23N3O2S/c1-12(16-11-24-13(2)20-16)19-18(23)21(9-10-22)17-8-7-14-5-3-4-6-15(14)17/h3-6,11-12,17,22H,7-10H2,1-2H3,(H,19,23)/t12-,17+/m0/s1. The van der Waals surface area contributed by atoms with Gasteiger partial charge in [-0.2, -0.15) is 0 Å². The van der Waals surface area contributed by atoms with Gasteiger partial charge in [-0.1, -0.05) is 24.3 Å². The summed E-state index contributed by atoms with van der Waals surface area (Å²) in [4.78, 5) is 19.0. The van der Waals surface area contributed by atoms with Crippen LogP contribution < -0.4 is 5.32 Å². The van der Waals surface area contributed by atoms with Crippen LogP contribution in [0.3, 0.4) is 0 Å². The number of benzene rings is 1. The Kier molecular flexibility index (Phi) is 5.16. The number of carbonyl (C=O) groups is 1. The summed E-state index contributed by atoms with van der Waals surface area (Å²) in [6.07, 6.45) is 1.87. The number of rotatable bonds is 5. The van der Waals surface area contributed by atoms with Crippen LogP contribution in [0.4, 0.5) is 4.79 Å². The summed E-state index contributed by atoms with van der Waals surface area (Å²) >= 11 is 1.58. The summed E-state index contributed by atoms with van der Waals surface area (Å²) in [5.41, 5.74) is 3.36. The Balaban J connectivity index is 1.75. The highest BCUT2D eigenvalue weighted by atomic mass is 32.1. The molecule has 1 aromatic carbocycles. The monoisotopic (exact) mass is 345 g/mol. The van der Waals surface area contributed by atoms with E-state index in [2.05, 4.69) is 22.4 Å². The molecule has 5 nitrogen and oxygen atoms in total. The number of thiazole rings is 1. The molecular weight excluding hydrogens is 322 g/mol. The van der Waals surface area contributed by atoms with Crippen molar-refractivity contribution in [3.63, 3.8) is 0 Å². The molecule has 1 aromatic heterocycles. The van der Waals surface area contributed by atoms with Gasteiger partial charge in [-0.3, -0.25) is 0 Å². The molecule has 1 aliphatic carbocycles. The lowest BCUT2D eigenvalue weighted by molar-refractivity contribution is 0.149. The van der Waals surface area contributed by atoms with E-state index < -0.39 is 0 Å². The van der Waals surface area contributed by atoms with Gasteiger partial charge in [0.15, 0.2) is 0 Å². The first kappa shape index (κ1) is 16.9. The third-order valence-corrected chi connectivity index (χ3v) is 5.29. The molecule has 0 unspecified atom stereocenters. The number of nitrogens with one attached hydrogen (secondary N) is 1. The van der Waals surface area contributed by atoms with Crippen LogP contribution in [-0.2, 0) is 6.42 Å². The van der Waals surface area contributed by atoms with Gasteiger partial charge in [-0.05, 0) is 37.8 Å². The zero-order chi connectivity index (χ0) is 17.1. The number of amides is 2. The zero-order valence-electron chi connectivity index (χ0n) is 14.0. The fourth-order valence-electron chi connectivity index (χ4n) is 3.29. The molecule has 0 saturated carbocycles. The average molecular weight is 345 g/mol. The highest BCUT2D eigenvalue weighted by Gasteiger charge is 2.31. The molecule has 3 rings (SSSR count). The molecule has 1 heterocycles. The van der Waals surface area contributed by atoms with E-state index in [9.17, 15) is 9.90 Å². The van der Waals surface area contributed by atoms with Gasteiger partial charge in [0.2, 0.25) is 0 Å². The Labute approximate surface area is 146 Å². The molecular formula is C18H23N3O2S. The Bertz CT molecular complexity index is 716. The minimum atomic E-state index is -0.153. The van der Waals surface area contributed by atoms with Crippen LogP contribution in [0, 0.1) is 6.92 Å². The zero-order valence-corrected chi connectivity index (χ0v) is 14.8. The molecule has 0 spiro atoms. The molecule has 24 heavy (non-hydrogen) atoms. The summed E-state index contributed by atoms with van der Waals surface area (Å²) in [6, 6.07) is 7.96. The minimum absolute atomic E-state index is 0.0257. The summed E-state index contributed by atoms with van der Waals surface area (Å²) in [5.74, 6) is 0. The Morgan fingerprint density at radius 1 is 1.50 bits per heavy atom. The van der Waals surface area contributed by atoms with Crippen LogP contribution in [0.25, 0.3) is 0 Å². The normalized spacial score (nSPS) is 17.4. The van der Waals surface area contributed by atoms with Gasteiger partial charge in [-0.25, -0.2) is 9.78 Å². The molecule has 6 heteroatoms. The van der Waals surface area contributed by atoms with E-state index in [0.717, 1.165) is 23.5 Å². The van der Waals surface area contributed by atoms with Gasteiger partial charge in [0.1, 0.15) is 0 Å². The van der Waals surface area contributed by atoms with E-state index in [-0.39, 0.29) is 24.7 Å². The van der Waals surface area contributed by atoms with E-state index in [0.29, 0.717) is 6.54 Å². The molecule has 2 amide bonds. The third kappa shape index (κ3) is 3.44. The Hall–Kier alpha value is -1.92. The highest BCUT2D eigenvalue weighted by Crippen LogP contribution is 2.35. The lowest BCUT2D eigenvalue weighted by Gasteiger charge is -2.30. The van der Waals surface area contributed by atoms with Gasteiger partial charge < -0.3 is 15.3 Å². The maximum atomic E-state index is 12.8. The van der Waals surface area contributed by atoms with E-state index in [1.54, 1.807) is 16.2 Å². The minimum Gasteiger partial charge on any atom is -0.395 e. The van der Waals surface area contributed by atoms with Crippen molar-refractivity contribution in [2.45, 2.75) is 38.8 Å². The molecule has 1 aliphatic rings. The maximum absolute atomic E-state index is 12.8. The highest BCUT2D eigenvalue weighted by molar-refractivity contribution is 7.09.